The molecule has 0 aliphatic carbocycles. The largest absolute Gasteiger partial charge is 0.338 e. The number of hydrogen-bond donors (Lipinski definition) is 2. The minimum Gasteiger partial charge on any atom is -0.338 e. The number of hydrogen-bond acceptors (Lipinski definition) is 4. The van der Waals surface area contributed by atoms with Crippen LogP contribution in [-0.4, -0.2) is 34.9 Å². The number of aromatic amines is 2. The monoisotopic (exact) mass is 409 g/mol. The smallest absolute Gasteiger partial charge is 0.138 e. The predicted molar refractivity (Wildman–Crippen MR) is 117 cm³/mol. The van der Waals surface area contributed by atoms with E-state index in [2.05, 4.69) is 30.2 Å². The molecule has 2 N–H and O–H groups in total. The van der Waals surface area contributed by atoms with E-state index < -0.39 is 0 Å². The van der Waals surface area contributed by atoms with E-state index in [1.807, 2.05) is 37.5 Å². The van der Waals surface area contributed by atoms with Crippen molar-refractivity contribution >= 4 is 21.9 Å². The molecule has 7 nitrogen and oxygen atoms in total. The number of nitrogens with zero attached hydrogens (tertiary/aromatic N) is 5. The molecule has 0 bridgehead atoms. The summed E-state index contributed by atoms with van der Waals surface area (Å²) in [6, 6.07) is 12.5. The Morgan fingerprint density at radius 3 is 2.71 bits per heavy atom. The summed E-state index contributed by atoms with van der Waals surface area (Å²) in [4.78, 5) is 12.3. The van der Waals surface area contributed by atoms with Gasteiger partial charge in [-0.15, -0.1) is 0 Å². The zero-order valence-corrected chi connectivity index (χ0v) is 16.5. The van der Waals surface area contributed by atoms with Crippen LogP contribution in [0.15, 0.2) is 67.3 Å². The third-order valence-electron chi connectivity index (χ3n) is 5.40. The number of pyridine rings is 2. The molecule has 0 aliphatic rings. The highest BCUT2D eigenvalue weighted by Gasteiger charge is 2.16. The van der Waals surface area contributed by atoms with Gasteiger partial charge in [-0.3, -0.25) is 14.8 Å². The van der Waals surface area contributed by atoms with Crippen LogP contribution in [0.4, 0.5) is 4.39 Å². The van der Waals surface area contributed by atoms with E-state index in [0.29, 0.717) is 11.2 Å². The topological polar surface area (TPSA) is 88.1 Å². The first-order chi connectivity index (χ1) is 15.2. The van der Waals surface area contributed by atoms with E-state index in [1.54, 1.807) is 35.4 Å². The zero-order valence-electron chi connectivity index (χ0n) is 16.5. The van der Waals surface area contributed by atoms with Crippen LogP contribution in [0, 0.1) is 5.82 Å². The Bertz CT molecular complexity index is 1570. The van der Waals surface area contributed by atoms with Crippen molar-refractivity contribution in [3.63, 3.8) is 0 Å². The standard InChI is InChI=1S/C23H16FN7/c1-31-12-13(10-27-31)19-9-17-21(11-26-19)29-30-22(17)20-8-16-14(6-7-25-23(16)28-20)15-4-2-3-5-18(15)24/h2-12H,1H3,(H,25,28)(H,29,30). The Labute approximate surface area is 175 Å². The zero-order chi connectivity index (χ0) is 20.9. The Kier molecular flexibility index (Phi) is 3.73. The fourth-order valence-corrected chi connectivity index (χ4v) is 3.90. The van der Waals surface area contributed by atoms with Crippen molar-refractivity contribution in [1.82, 2.24) is 34.9 Å². The molecule has 31 heavy (non-hydrogen) atoms. The number of nitrogens with one attached hydrogen (secondary N) is 2. The first-order valence-electron chi connectivity index (χ1n) is 9.73. The van der Waals surface area contributed by atoms with Crippen LogP contribution in [0.25, 0.3) is 55.7 Å². The van der Waals surface area contributed by atoms with Crippen LogP contribution in [0.2, 0.25) is 0 Å². The summed E-state index contributed by atoms with van der Waals surface area (Å²) < 4.78 is 16.2. The highest BCUT2D eigenvalue weighted by atomic mass is 19.1. The first-order valence-corrected chi connectivity index (χ1v) is 9.73. The summed E-state index contributed by atoms with van der Waals surface area (Å²) in [6.07, 6.45) is 7.14. The van der Waals surface area contributed by atoms with Gasteiger partial charge in [0, 0.05) is 41.3 Å². The van der Waals surface area contributed by atoms with Gasteiger partial charge >= 0.3 is 0 Å². The first kappa shape index (κ1) is 17.5. The van der Waals surface area contributed by atoms with Crippen LogP contribution in [0.1, 0.15) is 0 Å². The Morgan fingerprint density at radius 1 is 0.968 bits per heavy atom. The minimum atomic E-state index is -0.268. The molecule has 8 heteroatoms. The van der Waals surface area contributed by atoms with Crippen molar-refractivity contribution in [2.45, 2.75) is 0 Å². The van der Waals surface area contributed by atoms with E-state index in [-0.39, 0.29) is 5.82 Å². The van der Waals surface area contributed by atoms with Gasteiger partial charge in [0.25, 0.3) is 0 Å². The Morgan fingerprint density at radius 2 is 1.87 bits per heavy atom. The molecule has 0 atom stereocenters. The lowest BCUT2D eigenvalue weighted by Crippen LogP contribution is -1.85. The van der Waals surface area contributed by atoms with Gasteiger partial charge in [0.2, 0.25) is 0 Å². The molecule has 150 valence electrons. The number of rotatable bonds is 3. The molecule has 0 saturated carbocycles. The molecule has 0 radical (unpaired) electrons. The lowest BCUT2D eigenvalue weighted by Gasteiger charge is -2.04. The molecule has 0 unspecified atom stereocenters. The van der Waals surface area contributed by atoms with Crippen LogP contribution < -0.4 is 0 Å². The molecule has 6 rings (SSSR count). The molecule has 5 aromatic heterocycles. The summed E-state index contributed by atoms with van der Waals surface area (Å²) in [7, 11) is 1.87. The van der Waals surface area contributed by atoms with Crippen LogP contribution in [0.5, 0.6) is 0 Å². The molecular weight excluding hydrogens is 393 g/mol. The molecule has 0 amide bonds. The minimum absolute atomic E-state index is 0.268. The molecule has 0 saturated heterocycles. The third kappa shape index (κ3) is 2.80. The maximum atomic E-state index is 14.4. The van der Waals surface area contributed by atoms with E-state index >= 15 is 0 Å². The quantitative estimate of drug-likeness (QED) is 0.443. The fourth-order valence-electron chi connectivity index (χ4n) is 3.90. The summed E-state index contributed by atoms with van der Waals surface area (Å²) in [5, 5.41) is 13.5. The lowest BCUT2D eigenvalue weighted by atomic mass is 10.0. The van der Waals surface area contributed by atoms with Gasteiger partial charge in [-0.1, -0.05) is 18.2 Å². The van der Waals surface area contributed by atoms with E-state index in [0.717, 1.165) is 44.5 Å². The highest BCUT2D eigenvalue weighted by Crippen LogP contribution is 2.34. The van der Waals surface area contributed by atoms with Gasteiger partial charge in [-0.25, -0.2) is 9.37 Å². The highest BCUT2D eigenvalue weighted by molar-refractivity contribution is 6.00. The van der Waals surface area contributed by atoms with Crippen molar-refractivity contribution in [3.05, 3.63) is 73.1 Å². The molecule has 0 fully saturated rings. The normalized spacial score (nSPS) is 11.5. The number of H-pyrrole nitrogens is 2. The van der Waals surface area contributed by atoms with Crippen molar-refractivity contribution in [3.8, 4) is 33.8 Å². The van der Waals surface area contributed by atoms with Crippen LogP contribution in [-0.2, 0) is 7.05 Å². The number of aryl methyl sites for hydroxylation is 1. The molecule has 0 aliphatic heterocycles. The number of benzene rings is 1. The van der Waals surface area contributed by atoms with Crippen molar-refractivity contribution in [2.75, 3.05) is 0 Å². The van der Waals surface area contributed by atoms with Gasteiger partial charge in [0.1, 0.15) is 17.2 Å². The lowest BCUT2D eigenvalue weighted by molar-refractivity contribution is 0.631. The predicted octanol–water partition coefficient (Wildman–Crippen LogP) is 4.71. The SMILES string of the molecule is Cn1cc(-c2cc3c(-c4cc5c(-c6ccccc6F)ccnc5[nH]4)n[nH]c3cn2)cn1. The number of halogens is 1. The van der Waals surface area contributed by atoms with Gasteiger partial charge in [0.15, 0.2) is 0 Å². The maximum absolute atomic E-state index is 14.4. The maximum Gasteiger partial charge on any atom is 0.138 e. The summed E-state index contributed by atoms with van der Waals surface area (Å²) in [5.41, 5.74) is 6.10. The Balaban J connectivity index is 1.52. The van der Waals surface area contributed by atoms with Gasteiger partial charge in [-0.2, -0.15) is 10.2 Å². The molecule has 5 heterocycles. The molecular formula is C23H16FN7. The second-order valence-corrected chi connectivity index (χ2v) is 7.37. The van der Waals surface area contributed by atoms with Crippen LogP contribution in [0.3, 0.4) is 0 Å². The van der Waals surface area contributed by atoms with E-state index in [1.165, 1.54) is 6.07 Å². The second kappa shape index (κ2) is 6.60. The van der Waals surface area contributed by atoms with E-state index in [4.69, 9.17) is 0 Å². The second-order valence-electron chi connectivity index (χ2n) is 7.37. The average Bonchev–Trinajstić information content (AvgIpc) is 3.50. The van der Waals surface area contributed by atoms with Gasteiger partial charge in [-0.05, 0) is 29.8 Å². The third-order valence-corrected chi connectivity index (χ3v) is 5.40. The molecule has 0 spiro atoms. The van der Waals surface area contributed by atoms with Crippen molar-refractivity contribution in [2.24, 2.45) is 7.05 Å². The molecule has 1 aromatic carbocycles. The fraction of sp³-hybridized carbons (Fsp3) is 0.0435. The molecule has 6 aromatic rings. The summed E-state index contributed by atoms with van der Waals surface area (Å²) in [5.74, 6) is -0.268. The van der Waals surface area contributed by atoms with Crippen LogP contribution >= 0.6 is 0 Å². The summed E-state index contributed by atoms with van der Waals surface area (Å²) >= 11 is 0. The van der Waals surface area contributed by atoms with Crippen molar-refractivity contribution < 1.29 is 4.39 Å². The Hall–Kier alpha value is -4.33. The summed E-state index contributed by atoms with van der Waals surface area (Å²) in [6.45, 7) is 0. The van der Waals surface area contributed by atoms with Gasteiger partial charge < -0.3 is 4.98 Å². The van der Waals surface area contributed by atoms with Crippen molar-refractivity contribution in [1.29, 1.82) is 0 Å². The number of aromatic nitrogens is 7. The van der Waals surface area contributed by atoms with E-state index in [9.17, 15) is 4.39 Å². The number of fused-ring (bicyclic) bond motifs is 2. The van der Waals surface area contributed by atoms with Gasteiger partial charge in [0.05, 0.1) is 29.3 Å². The average molecular weight is 409 g/mol.